The number of carbonyl (C=O) groups is 1. The van der Waals surface area contributed by atoms with Crippen LogP contribution in [0.4, 0.5) is 0 Å². The van der Waals surface area contributed by atoms with E-state index in [1.165, 1.54) is 0 Å². The lowest BCUT2D eigenvalue weighted by molar-refractivity contribution is 0.0876. The third-order valence-corrected chi connectivity index (χ3v) is 3.69. The molecule has 5 nitrogen and oxygen atoms in total. The van der Waals surface area contributed by atoms with Crippen LogP contribution >= 0.6 is 0 Å². The molecule has 0 amide bonds. The molecule has 0 radical (unpaired) electrons. The van der Waals surface area contributed by atoms with Crippen LogP contribution in [0.2, 0.25) is 0 Å². The standard InChI is InChI=1S/C14H18N4O/c1-17-4-6-18(7-5-17)10-13(19)12-8-11-2-3-15-14(11)16-9-12/h2-3,8-9H,4-7,10H2,1H3,(H,15,16). The van der Waals surface area contributed by atoms with Gasteiger partial charge < -0.3 is 9.88 Å². The summed E-state index contributed by atoms with van der Waals surface area (Å²) in [5, 5.41) is 0.990. The van der Waals surface area contributed by atoms with Gasteiger partial charge in [-0.1, -0.05) is 0 Å². The van der Waals surface area contributed by atoms with Crippen LogP contribution in [0.3, 0.4) is 0 Å². The fraction of sp³-hybridized carbons (Fsp3) is 0.429. The zero-order valence-corrected chi connectivity index (χ0v) is 11.1. The summed E-state index contributed by atoms with van der Waals surface area (Å²) in [6, 6.07) is 3.85. The number of rotatable bonds is 3. The highest BCUT2D eigenvalue weighted by atomic mass is 16.1. The van der Waals surface area contributed by atoms with E-state index in [-0.39, 0.29) is 5.78 Å². The highest BCUT2D eigenvalue weighted by Crippen LogP contribution is 2.12. The van der Waals surface area contributed by atoms with Gasteiger partial charge in [-0.3, -0.25) is 9.69 Å². The Morgan fingerprint density at radius 2 is 2.16 bits per heavy atom. The first-order chi connectivity index (χ1) is 9.22. The Labute approximate surface area is 112 Å². The van der Waals surface area contributed by atoms with Crippen molar-refractivity contribution < 1.29 is 4.79 Å². The van der Waals surface area contributed by atoms with Crippen molar-refractivity contribution >= 4 is 16.8 Å². The van der Waals surface area contributed by atoms with Gasteiger partial charge in [0.2, 0.25) is 0 Å². The average molecular weight is 258 g/mol. The Hall–Kier alpha value is -1.72. The second kappa shape index (κ2) is 5.11. The molecule has 0 bridgehead atoms. The number of carbonyl (C=O) groups excluding carboxylic acids is 1. The molecule has 2 aromatic rings. The SMILES string of the molecule is CN1CCN(CC(=O)c2cnc3[nH]ccc3c2)CC1. The summed E-state index contributed by atoms with van der Waals surface area (Å²) >= 11 is 0. The molecule has 1 saturated heterocycles. The van der Waals surface area contributed by atoms with E-state index in [2.05, 4.69) is 26.8 Å². The normalized spacial score (nSPS) is 17.9. The number of nitrogens with one attached hydrogen (secondary N) is 1. The van der Waals surface area contributed by atoms with Crippen molar-refractivity contribution in [1.82, 2.24) is 19.8 Å². The molecule has 3 heterocycles. The molecule has 1 aliphatic heterocycles. The van der Waals surface area contributed by atoms with Crippen molar-refractivity contribution in [1.29, 1.82) is 0 Å². The molecule has 3 rings (SSSR count). The largest absolute Gasteiger partial charge is 0.346 e. The minimum Gasteiger partial charge on any atom is -0.346 e. The van der Waals surface area contributed by atoms with E-state index in [1.54, 1.807) is 6.20 Å². The van der Waals surface area contributed by atoms with Gasteiger partial charge in [-0.05, 0) is 19.2 Å². The molecule has 0 aromatic carbocycles. The quantitative estimate of drug-likeness (QED) is 0.834. The number of pyridine rings is 1. The van der Waals surface area contributed by atoms with E-state index in [4.69, 9.17) is 0 Å². The fourth-order valence-electron chi connectivity index (χ4n) is 2.39. The average Bonchev–Trinajstić information content (AvgIpc) is 2.88. The summed E-state index contributed by atoms with van der Waals surface area (Å²) < 4.78 is 0. The van der Waals surface area contributed by atoms with Gasteiger partial charge in [-0.15, -0.1) is 0 Å². The number of aromatic nitrogens is 2. The van der Waals surface area contributed by atoms with E-state index in [1.807, 2.05) is 18.3 Å². The van der Waals surface area contributed by atoms with Gasteiger partial charge in [-0.2, -0.15) is 0 Å². The Morgan fingerprint density at radius 3 is 2.95 bits per heavy atom. The molecular weight excluding hydrogens is 240 g/mol. The van der Waals surface area contributed by atoms with Gasteiger partial charge in [0.15, 0.2) is 5.78 Å². The van der Waals surface area contributed by atoms with Gasteiger partial charge >= 0.3 is 0 Å². The van der Waals surface area contributed by atoms with Gasteiger partial charge in [0.05, 0.1) is 6.54 Å². The molecule has 0 atom stereocenters. The van der Waals surface area contributed by atoms with E-state index >= 15 is 0 Å². The zero-order valence-electron chi connectivity index (χ0n) is 11.1. The fourth-order valence-corrected chi connectivity index (χ4v) is 2.39. The first kappa shape index (κ1) is 12.3. The van der Waals surface area contributed by atoms with Crippen molar-refractivity contribution in [2.75, 3.05) is 39.8 Å². The number of piperazine rings is 1. The Balaban J connectivity index is 1.69. The summed E-state index contributed by atoms with van der Waals surface area (Å²) in [5.41, 5.74) is 1.53. The predicted molar refractivity (Wildman–Crippen MR) is 74.4 cm³/mol. The number of hydrogen-bond acceptors (Lipinski definition) is 4. The summed E-state index contributed by atoms with van der Waals surface area (Å²) in [5.74, 6) is 0.153. The molecule has 2 aromatic heterocycles. The van der Waals surface area contributed by atoms with Gasteiger partial charge in [-0.25, -0.2) is 4.98 Å². The minimum atomic E-state index is 0.153. The van der Waals surface area contributed by atoms with E-state index < -0.39 is 0 Å². The number of Topliss-reactive ketones (excluding diaryl/α,β-unsaturated/α-hetero) is 1. The predicted octanol–water partition coefficient (Wildman–Crippen LogP) is 0.993. The molecule has 1 fully saturated rings. The van der Waals surface area contributed by atoms with Crippen LogP contribution in [0.25, 0.3) is 11.0 Å². The zero-order chi connectivity index (χ0) is 13.2. The molecular formula is C14H18N4O. The summed E-state index contributed by atoms with van der Waals surface area (Å²) in [4.78, 5) is 24.1. The molecule has 0 aliphatic carbocycles. The minimum absolute atomic E-state index is 0.153. The van der Waals surface area contributed by atoms with Crippen molar-refractivity contribution in [2.24, 2.45) is 0 Å². The number of likely N-dealkylation sites (N-methyl/N-ethyl adjacent to an activating group) is 1. The van der Waals surface area contributed by atoms with E-state index in [0.29, 0.717) is 12.1 Å². The molecule has 5 heteroatoms. The first-order valence-corrected chi connectivity index (χ1v) is 6.59. The maximum Gasteiger partial charge on any atom is 0.178 e. The highest BCUT2D eigenvalue weighted by Gasteiger charge is 2.17. The third-order valence-electron chi connectivity index (χ3n) is 3.69. The van der Waals surface area contributed by atoms with E-state index in [9.17, 15) is 4.79 Å². The van der Waals surface area contributed by atoms with Crippen molar-refractivity contribution in [2.45, 2.75) is 0 Å². The number of ketones is 1. The molecule has 1 aliphatic rings. The monoisotopic (exact) mass is 258 g/mol. The Bertz CT molecular complexity index is 584. The van der Waals surface area contributed by atoms with Gasteiger partial charge in [0, 0.05) is 49.5 Å². The number of hydrogen-bond donors (Lipinski definition) is 1. The lowest BCUT2D eigenvalue weighted by atomic mass is 10.1. The molecule has 0 spiro atoms. The lowest BCUT2D eigenvalue weighted by Gasteiger charge is -2.31. The van der Waals surface area contributed by atoms with Crippen molar-refractivity contribution in [3.63, 3.8) is 0 Å². The van der Waals surface area contributed by atoms with Crippen LogP contribution in [-0.4, -0.2) is 65.3 Å². The van der Waals surface area contributed by atoms with Crippen molar-refractivity contribution in [3.8, 4) is 0 Å². The molecule has 0 saturated carbocycles. The van der Waals surface area contributed by atoms with E-state index in [0.717, 1.165) is 37.2 Å². The third kappa shape index (κ3) is 2.67. The highest BCUT2D eigenvalue weighted by molar-refractivity contribution is 5.99. The van der Waals surface area contributed by atoms with Gasteiger partial charge in [0.25, 0.3) is 0 Å². The first-order valence-electron chi connectivity index (χ1n) is 6.59. The Kier molecular flexibility index (Phi) is 3.31. The summed E-state index contributed by atoms with van der Waals surface area (Å²) in [7, 11) is 2.11. The van der Waals surface area contributed by atoms with Gasteiger partial charge in [0.1, 0.15) is 5.65 Å². The second-order valence-electron chi connectivity index (χ2n) is 5.14. The molecule has 1 N–H and O–H groups in total. The number of aromatic amines is 1. The maximum absolute atomic E-state index is 12.3. The van der Waals surface area contributed by atoms with Crippen LogP contribution in [0.15, 0.2) is 24.5 Å². The lowest BCUT2D eigenvalue weighted by Crippen LogP contribution is -2.46. The molecule has 100 valence electrons. The smallest absolute Gasteiger partial charge is 0.178 e. The molecule has 19 heavy (non-hydrogen) atoms. The number of H-pyrrole nitrogens is 1. The Morgan fingerprint density at radius 1 is 1.37 bits per heavy atom. The topological polar surface area (TPSA) is 52.2 Å². The van der Waals surface area contributed by atoms with Crippen LogP contribution in [0.5, 0.6) is 0 Å². The second-order valence-corrected chi connectivity index (χ2v) is 5.14. The van der Waals surface area contributed by atoms with Crippen LogP contribution in [0, 0.1) is 0 Å². The van der Waals surface area contributed by atoms with Crippen LogP contribution in [-0.2, 0) is 0 Å². The summed E-state index contributed by atoms with van der Waals surface area (Å²) in [6.07, 6.45) is 3.50. The number of nitrogens with zero attached hydrogens (tertiary/aromatic N) is 3. The summed E-state index contributed by atoms with van der Waals surface area (Å²) in [6.45, 7) is 4.47. The maximum atomic E-state index is 12.3. The number of fused-ring (bicyclic) bond motifs is 1. The molecule has 0 unspecified atom stereocenters. The van der Waals surface area contributed by atoms with Crippen LogP contribution in [0.1, 0.15) is 10.4 Å². The van der Waals surface area contributed by atoms with Crippen molar-refractivity contribution in [3.05, 3.63) is 30.1 Å². The van der Waals surface area contributed by atoms with Crippen LogP contribution < -0.4 is 0 Å².